The third-order valence-electron chi connectivity index (χ3n) is 3.92. The molecular weight excluding hydrogens is 268 g/mol. The second-order valence-electron chi connectivity index (χ2n) is 5.64. The van der Waals surface area contributed by atoms with Gasteiger partial charge in [0.1, 0.15) is 5.75 Å². The van der Waals surface area contributed by atoms with Crippen LogP contribution in [-0.2, 0) is 6.42 Å². The fourth-order valence-corrected chi connectivity index (χ4v) is 2.66. The molecule has 1 heterocycles. The van der Waals surface area contributed by atoms with Crippen molar-refractivity contribution in [1.82, 2.24) is 10.2 Å². The Morgan fingerprint density at radius 3 is 2.81 bits per heavy atom. The summed E-state index contributed by atoms with van der Waals surface area (Å²) >= 11 is 0. The number of hydrogen-bond donors (Lipinski definition) is 3. The Labute approximate surface area is 125 Å². The van der Waals surface area contributed by atoms with Crippen LogP contribution in [0.25, 0.3) is 0 Å². The van der Waals surface area contributed by atoms with Crippen LogP contribution in [0.4, 0.5) is 4.79 Å². The molecular formula is C16H24N2O3. The number of piperidine rings is 1. The third kappa shape index (κ3) is 4.93. The van der Waals surface area contributed by atoms with Gasteiger partial charge in [-0.25, -0.2) is 4.79 Å². The second kappa shape index (κ2) is 7.88. The number of phenolic OH excluding ortho intramolecular Hbond substituents is 1. The molecule has 1 aromatic carbocycles. The average Bonchev–Trinajstić information content (AvgIpc) is 2.53. The van der Waals surface area contributed by atoms with Gasteiger partial charge in [-0.05, 0) is 49.3 Å². The Balaban J connectivity index is 1.66. The van der Waals surface area contributed by atoms with Gasteiger partial charge in [0.25, 0.3) is 0 Å². The second-order valence-corrected chi connectivity index (χ2v) is 5.64. The summed E-state index contributed by atoms with van der Waals surface area (Å²) in [6.45, 7) is 2.23. The highest BCUT2D eigenvalue weighted by Crippen LogP contribution is 2.15. The van der Waals surface area contributed by atoms with E-state index in [0.717, 1.165) is 37.8 Å². The molecule has 5 nitrogen and oxygen atoms in total. The molecule has 1 atom stereocenters. The summed E-state index contributed by atoms with van der Waals surface area (Å²) < 4.78 is 0. The molecule has 5 heteroatoms. The van der Waals surface area contributed by atoms with Crippen molar-refractivity contribution < 1.29 is 15.0 Å². The standard InChI is InChI=1S/C16H24N2O3/c19-12-14-4-2-10-18(11-14)16(21)17-9-1-3-13-5-7-15(20)8-6-13/h5-8,14,19-20H,1-4,9-12H2,(H,17,21). The molecule has 2 amide bonds. The lowest BCUT2D eigenvalue weighted by molar-refractivity contribution is 0.129. The van der Waals surface area contributed by atoms with Gasteiger partial charge >= 0.3 is 6.03 Å². The molecule has 1 aliphatic rings. The Hall–Kier alpha value is -1.75. The lowest BCUT2D eigenvalue weighted by Gasteiger charge is -2.31. The molecule has 0 bridgehead atoms. The molecule has 116 valence electrons. The van der Waals surface area contributed by atoms with Crippen molar-refractivity contribution in [3.05, 3.63) is 29.8 Å². The van der Waals surface area contributed by atoms with Crippen LogP contribution in [0.1, 0.15) is 24.8 Å². The Morgan fingerprint density at radius 1 is 1.33 bits per heavy atom. The van der Waals surface area contributed by atoms with Crippen LogP contribution in [-0.4, -0.2) is 47.4 Å². The van der Waals surface area contributed by atoms with Gasteiger partial charge in [0.2, 0.25) is 0 Å². The molecule has 1 saturated heterocycles. The van der Waals surface area contributed by atoms with Crippen molar-refractivity contribution in [2.24, 2.45) is 5.92 Å². The smallest absolute Gasteiger partial charge is 0.317 e. The molecule has 0 saturated carbocycles. The molecule has 1 unspecified atom stereocenters. The SMILES string of the molecule is O=C(NCCCc1ccc(O)cc1)N1CCCC(CO)C1. The quantitative estimate of drug-likeness (QED) is 0.724. The van der Waals surface area contributed by atoms with Gasteiger partial charge in [-0.15, -0.1) is 0 Å². The van der Waals surface area contributed by atoms with Crippen molar-refractivity contribution in [2.75, 3.05) is 26.2 Å². The molecule has 21 heavy (non-hydrogen) atoms. The zero-order valence-electron chi connectivity index (χ0n) is 12.3. The number of aliphatic hydroxyl groups is 1. The Bertz CT molecular complexity index is 447. The lowest BCUT2D eigenvalue weighted by Crippen LogP contribution is -2.46. The normalized spacial score (nSPS) is 18.5. The summed E-state index contributed by atoms with van der Waals surface area (Å²) in [5, 5.41) is 21.3. The zero-order chi connectivity index (χ0) is 15.1. The predicted molar refractivity (Wildman–Crippen MR) is 81.2 cm³/mol. The first-order chi connectivity index (χ1) is 10.2. The highest BCUT2D eigenvalue weighted by molar-refractivity contribution is 5.74. The molecule has 0 radical (unpaired) electrons. The van der Waals surface area contributed by atoms with Gasteiger partial charge in [0, 0.05) is 26.2 Å². The van der Waals surface area contributed by atoms with E-state index < -0.39 is 0 Å². The first-order valence-electron chi connectivity index (χ1n) is 7.60. The molecule has 0 spiro atoms. The summed E-state index contributed by atoms with van der Waals surface area (Å²) in [5.74, 6) is 0.497. The van der Waals surface area contributed by atoms with Crippen LogP contribution >= 0.6 is 0 Å². The van der Waals surface area contributed by atoms with E-state index in [2.05, 4.69) is 5.32 Å². The number of aromatic hydroxyl groups is 1. The predicted octanol–water partition coefficient (Wildman–Crippen LogP) is 1.74. The minimum absolute atomic E-state index is 0.0288. The summed E-state index contributed by atoms with van der Waals surface area (Å²) in [6.07, 6.45) is 3.71. The van der Waals surface area contributed by atoms with Gasteiger partial charge in [-0.1, -0.05) is 12.1 Å². The van der Waals surface area contributed by atoms with Gasteiger partial charge in [-0.2, -0.15) is 0 Å². The molecule has 1 aromatic rings. The van der Waals surface area contributed by atoms with E-state index >= 15 is 0 Å². The van der Waals surface area contributed by atoms with E-state index in [0.29, 0.717) is 13.1 Å². The molecule has 2 rings (SSSR count). The highest BCUT2D eigenvalue weighted by atomic mass is 16.3. The third-order valence-corrected chi connectivity index (χ3v) is 3.92. The Kier molecular flexibility index (Phi) is 5.87. The van der Waals surface area contributed by atoms with E-state index in [-0.39, 0.29) is 24.3 Å². The molecule has 0 aliphatic carbocycles. The van der Waals surface area contributed by atoms with Gasteiger partial charge < -0.3 is 20.4 Å². The molecule has 3 N–H and O–H groups in total. The summed E-state index contributed by atoms with van der Waals surface area (Å²) in [5.41, 5.74) is 1.15. The number of rotatable bonds is 5. The van der Waals surface area contributed by atoms with Gasteiger partial charge in [-0.3, -0.25) is 0 Å². The van der Waals surface area contributed by atoms with Crippen LogP contribution in [0.5, 0.6) is 5.75 Å². The van der Waals surface area contributed by atoms with Crippen molar-refractivity contribution in [3.8, 4) is 5.75 Å². The van der Waals surface area contributed by atoms with Gasteiger partial charge in [0.05, 0.1) is 0 Å². The number of benzene rings is 1. The van der Waals surface area contributed by atoms with E-state index in [1.807, 2.05) is 12.1 Å². The van der Waals surface area contributed by atoms with Crippen LogP contribution in [0.2, 0.25) is 0 Å². The number of aryl methyl sites for hydroxylation is 1. The largest absolute Gasteiger partial charge is 0.508 e. The van der Waals surface area contributed by atoms with Crippen LogP contribution in [0.15, 0.2) is 24.3 Å². The number of carbonyl (C=O) groups is 1. The first kappa shape index (κ1) is 15.6. The average molecular weight is 292 g/mol. The number of likely N-dealkylation sites (tertiary alicyclic amines) is 1. The van der Waals surface area contributed by atoms with Crippen LogP contribution in [0.3, 0.4) is 0 Å². The minimum atomic E-state index is -0.0288. The summed E-state index contributed by atoms with van der Waals surface area (Å²) in [4.78, 5) is 13.8. The van der Waals surface area contributed by atoms with E-state index in [4.69, 9.17) is 0 Å². The van der Waals surface area contributed by atoms with Crippen molar-refractivity contribution in [3.63, 3.8) is 0 Å². The zero-order valence-corrected chi connectivity index (χ0v) is 12.3. The summed E-state index contributed by atoms with van der Waals surface area (Å²) in [6, 6.07) is 7.12. The first-order valence-corrected chi connectivity index (χ1v) is 7.60. The molecule has 1 aliphatic heterocycles. The van der Waals surface area contributed by atoms with Crippen LogP contribution in [0, 0.1) is 5.92 Å². The minimum Gasteiger partial charge on any atom is -0.508 e. The van der Waals surface area contributed by atoms with E-state index in [1.54, 1.807) is 17.0 Å². The van der Waals surface area contributed by atoms with Crippen molar-refractivity contribution >= 4 is 6.03 Å². The molecule has 0 aromatic heterocycles. The number of phenols is 1. The number of hydrogen-bond acceptors (Lipinski definition) is 3. The van der Waals surface area contributed by atoms with Crippen molar-refractivity contribution in [2.45, 2.75) is 25.7 Å². The number of carbonyl (C=O) groups excluding carboxylic acids is 1. The monoisotopic (exact) mass is 292 g/mol. The maximum absolute atomic E-state index is 12.0. The number of nitrogens with zero attached hydrogens (tertiary/aromatic N) is 1. The number of aliphatic hydroxyl groups excluding tert-OH is 1. The maximum atomic E-state index is 12.0. The van der Waals surface area contributed by atoms with E-state index in [9.17, 15) is 15.0 Å². The number of amides is 2. The fourth-order valence-electron chi connectivity index (χ4n) is 2.66. The molecule has 1 fully saturated rings. The van der Waals surface area contributed by atoms with Crippen LogP contribution < -0.4 is 5.32 Å². The fraction of sp³-hybridized carbons (Fsp3) is 0.562. The topological polar surface area (TPSA) is 72.8 Å². The lowest BCUT2D eigenvalue weighted by atomic mass is 9.99. The van der Waals surface area contributed by atoms with Crippen molar-refractivity contribution in [1.29, 1.82) is 0 Å². The highest BCUT2D eigenvalue weighted by Gasteiger charge is 2.22. The Morgan fingerprint density at radius 2 is 2.10 bits per heavy atom. The number of nitrogens with one attached hydrogen (secondary N) is 1. The maximum Gasteiger partial charge on any atom is 0.317 e. The van der Waals surface area contributed by atoms with E-state index in [1.165, 1.54) is 0 Å². The summed E-state index contributed by atoms with van der Waals surface area (Å²) in [7, 11) is 0. The number of urea groups is 1. The van der Waals surface area contributed by atoms with Gasteiger partial charge in [0.15, 0.2) is 0 Å².